The molecule has 90 valence electrons. The molecule has 0 N–H and O–H groups in total. The van der Waals surface area contributed by atoms with Gasteiger partial charge in [0.25, 0.3) is 0 Å². The second kappa shape index (κ2) is 4.85. The van der Waals surface area contributed by atoms with Gasteiger partial charge in [-0.05, 0) is 36.5 Å². The number of hydrogen-bond acceptors (Lipinski definition) is 0. The topological polar surface area (TPSA) is 0 Å². The molecule has 0 unspecified atom stereocenters. The van der Waals surface area contributed by atoms with Crippen LogP contribution in [0.5, 0.6) is 0 Å². The van der Waals surface area contributed by atoms with Crippen molar-refractivity contribution in [3.63, 3.8) is 0 Å². The lowest BCUT2D eigenvalue weighted by atomic mass is 10.0. The highest BCUT2D eigenvalue weighted by molar-refractivity contribution is 5.26. The Hall–Kier alpha value is -1.06. The summed E-state index contributed by atoms with van der Waals surface area (Å²) in [4.78, 5) is 0. The van der Waals surface area contributed by atoms with Crippen LogP contribution < -0.4 is 0 Å². The molecule has 0 heterocycles. The van der Waals surface area contributed by atoms with Crippen LogP contribution in [0.4, 0.5) is 17.6 Å². The van der Waals surface area contributed by atoms with Crippen LogP contribution in [0.3, 0.4) is 0 Å². The Bertz CT molecular complexity index is 353. The van der Waals surface area contributed by atoms with Crippen LogP contribution in [-0.4, -0.2) is 0 Å². The van der Waals surface area contributed by atoms with E-state index in [0.717, 1.165) is 12.5 Å². The Balaban J connectivity index is 2.84. The Kier molecular flexibility index (Phi) is 3.94. The molecule has 1 aromatic rings. The van der Waals surface area contributed by atoms with Crippen LogP contribution >= 0.6 is 0 Å². The predicted octanol–water partition coefficient (Wildman–Crippen LogP) is 4.43. The zero-order valence-electron chi connectivity index (χ0n) is 9.24. The fourth-order valence-corrected chi connectivity index (χ4v) is 1.37. The van der Waals surface area contributed by atoms with Crippen molar-refractivity contribution in [1.29, 1.82) is 0 Å². The van der Waals surface area contributed by atoms with Crippen LogP contribution in [-0.2, 0) is 12.6 Å². The minimum Gasteiger partial charge on any atom is -0.207 e. The molecule has 0 aliphatic carbocycles. The van der Waals surface area contributed by atoms with Crippen molar-refractivity contribution < 1.29 is 17.6 Å². The van der Waals surface area contributed by atoms with E-state index in [-0.39, 0.29) is 0 Å². The van der Waals surface area contributed by atoms with Gasteiger partial charge in [-0.3, -0.25) is 0 Å². The predicted molar refractivity (Wildman–Crippen MR) is 54.6 cm³/mol. The maximum Gasteiger partial charge on any atom is 0.416 e. The minimum absolute atomic E-state index is 0.349. The van der Waals surface area contributed by atoms with E-state index in [1.807, 2.05) is 13.8 Å². The number of alkyl halides is 3. The molecule has 0 aliphatic rings. The Labute approximate surface area is 92.3 Å². The first kappa shape index (κ1) is 13.0. The van der Waals surface area contributed by atoms with E-state index in [1.165, 1.54) is 6.07 Å². The van der Waals surface area contributed by atoms with Crippen molar-refractivity contribution in [2.45, 2.75) is 32.9 Å². The van der Waals surface area contributed by atoms with Crippen molar-refractivity contribution >= 4 is 0 Å². The van der Waals surface area contributed by atoms with Crippen molar-refractivity contribution in [2.24, 2.45) is 5.92 Å². The quantitative estimate of drug-likeness (QED) is 0.678. The molecule has 0 spiro atoms. The molecule has 0 saturated carbocycles. The molecule has 0 saturated heterocycles. The smallest absolute Gasteiger partial charge is 0.207 e. The Morgan fingerprint density at radius 2 is 1.81 bits per heavy atom. The van der Waals surface area contributed by atoms with Crippen molar-refractivity contribution in [1.82, 2.24) is 0 Å². The third-order valence-electron chi connectivity index (χ3n) is 2.37. The standard InChI is InChI=1S/C12H14F4/c1-8(2)3-4-9-5-6-10(7-11(9)13)12(14,15)16/h5-8H,3-4H2,1-2H3. The maximum absolute atomic E-state index is 13.3. The zero-order valence-corrected chi connectivity index (χ0v) is 9.24. The summed E-state index contributed by atoms with van der Waals surface area (Å²) in [6.07, 6.45) is -3.23. The summed E-state index contributed by atoms with van der Waals surface area (Å²) in [5, 5.41) is 0. The van der Waals surface area contributed by atoms with Gasteiger partial charge in [-0.2, -0.15) is 13.2 Å². The highest BCUT2D eigenvalue weighted by Gasteiger charge is 2.31. The van der Waals surface area contributed by atoms with E-state index < -0.39 is 17.6 Å². The second-order valence-corrected chi connectivity index (χ2v) is 4.24. The molecule has 0 aromatic heterocycles. The normalized spacial score (nSPS) is 12.2. The van der Waals surface area contributed by atoms with Crippen LogP contribution in [0.2, 0.25) is 0 Å². The number of hydrogen-bond donors (Lipinski definition) is 0. The third kappa shape index (κ3) is 3.51. The number of benzene rings is 1. The summed E-state index contributed by atoms with van der Waals surface area (Å²) >= 11 is 0. The first-order valence-electron chi connectivity index (χ1n) is 5.16. The molecule has 1 aromatic carbocycles. The van der Waals surface area contributed by atoms with E-state index >= 15 is 0 Å². The van der Waals surface area contributed by atoms with Gasteiger partial charge in [0, 0.05) is 0 Å². The lowest BCUT2D eigenvalue weighted by Gasteiger charge is -2.10. The van der Waals surface area contributed by atoms with E-state index in [2.05, 4.69) is 0 Å². The average molecular weight is 234 g/mol. The highest BCUT2D eigenvalue weighted by atomic mass is 19.4. The molecule has 0 radical (unpaired) electrons. The summed E-state index contributed by atoms with van der Waals surface area (Å²) in [5.41, 5.74) is -0.583. The van der Waals surface area contributed by atoms with Gasteiger partial charge in [0.05, 0.1) is 5.56 Å². The highest BCUT2D eigenvalue weighted by Crippen LogP contribution is 2.30. The van der Waals surface area contributed by atoms with E-state index in [0.29, 0.717) is 24.0 Å². The Morgan fingerprint density at radius 1 is 1.19 bits per heavy atom. The number of aryl methyl sites for hydroxylation is 1. The number of halogens is 4. The van der Waals surface area contributed by atoms with Gasteiger partial charge < -0.3 is 0 Å². The largest absolute Gasteiger partial charge is 0.416 e. The van der Waals surface area contributed by atoms with Crippen molar-refractivity contribution in [3.05, 3.63) is 35.1 Å². The molecule has 0 atom stereocenters. The van der Waals surface area contributed by atoms with Gasteiger partial charge in [0.1, 0.15) is 5.82 Å². The van der Waals surface area contributed by atoms with Crippen LogP contribution in [0.25, 0.3) is 0 Å². The molecule has 0 amide bonds. The molecule has 16 heavy (non-hydrogen) atoms. The molecular formula is C12H14F4. The summed E-state index contributed by atoms with van der Waals surface area (Å²) in [6, 6.07) is 2.72. The zero-order chi connectivity index (χ0) is 12.3. The third-order valence-corrected chi connectivity index (χ3v) is 2.37. The molecule has 4 heteroatoms. The fourth-order valence-electron chi connectivity index (χ4n) is 1.37. The van der Waals surface area contributed by atoms with Crippen molar-refractivity contribution in [2.75, 3.05) is 0 Å². The van der Waals surface area contributed by atoms with Crippen LogP contribution in [0.1, 0.15) is 31.4 Å². The lowest BCUT2D eigenvalue weighted by Crippen LogP contribution is -2.06. The van der Waals surface area contributed by atoms with Gasteiger partial charge in [-0.1, -0.05) is 19.9 Å². The Morgan fingerprint density at radius 3 is 2.25 bits per heavy atom. The van der Waals surface area contributed by atoms with Gasteiger partial charge in [-0.15, -0.1) is 0 Å². The minimum atomic E-state index is -4.47. The van der Waals surface area contributed by atoms with E-state index in [4.69, 9.17) is 0 Å². The van der Waals surface area contributed by atoms with Crippen molar-refractivity contribution in [3.8, 4) is 0 Å². The van der Waals surface area contributed by atoms with E-state index in [9.17, 15) is 17.6 Å². The maximum atomic E-state index is 13.3. The molecule has 1 rings (SSSR count). The molecule has 0 fully saturated rings. The second-order valence-electron chi connectivity index (χ2n) is 4.24. The van der Waals surface area contributed by atoms with Gasteiger partial charge in [0.15, 0.2) is 0 Å². The van der Waals surface area contributed by atoms with Crippen LogP contribution in [0, 0.1) is 11.7 Å². The average Bonchev–Trinajstić information content (AvgIpc) is 2.14. The van der Waals surface area contributed by atoms with E-state index in [1.54, 1.807) is 0 Å². The van der Waals surface area contributed by atoms with Gasteiger partial charge in [-0.25, -0.2) is 4.39 Å². The summed E-state index contributed by atoms with van der Waals surface area (Å²) in [6.45, 7) is 3.98. The molecule has 0 aliphatic heterocycles. The van der Waals surface area contributed by atoms with Crippen LogP contribution in [0.15, 0.2) is 18.2 Å². The first-order chi connectivity index (χ1) is 7.30. The van der Waals surface area contributed by atoms with Gasteiger partial charge >= 0.3 is 6.18 Å². The number of rotatable bonds is 3. The summed E-state index contributed by atoms with van der Waals surface area (Å²) in [5.74, 6) is -0.364. The SMILES string of the molecule is CC(C)CCc1ccc(C(F)(F)F)cc1F. The summed E-state index contributed by atoms with van der Waals surface area (Å²) in [7, 11) is 0. The molecular weight excluding hydrogens is 220 g/mol. The fraction of sp³-hybridized carbons (Fsp3) is 0.500. The monoisotopic (exact) mass is 234 g/mol. The molecule has 0 bridgehead atoms. The molecule has 0 nitrogen and oxygen atoms in total. The van der Waals surface area contributed by atoms with Gasteiger partial charge in [0.2, 0.25) is 0 Å². The first-order valence-corrected chi connectivity index (χ1v) is 5.16. The lowest BCUT2D eigenvalue weighted by molar-refractivity contribution is -0.137. The summed E-state index contributed by atoms with van der Waals surface area (Å²) < 4.78 is 50.1.